The summed E-state index contributed by atoms with van der Waals surface area (Å²) < 4.78 is 0.441. The molecule has 0 aliphatic heterocycles. The average Bonchev–Trinajstić information content (AvgIpc) is 2.13. The average molecular weight is 256 g/mol. The SMILES string of the molecule is C#CCC(C)Nc1cn[nH]c(=O)c1Br. The summed E-state index contributed by atoms with van der Waals surface area (Å²) in [5.74, 6) is 2.54. The van der Waals surface area contributed by atoms with Crippen molar-refractivity contribution in [1.82, 2.24) is 10.2 Å². The van der Waals surface area contributed by atoms with Gasteiger partial charge in [0, 0.05) is 12.5 Å². The summed E-state index contributed by atoms with van der Waals surface area (Å²) >= 11 is 3.16. The van der Waals surface area contributed by atoms with E-state index in [0.29, 0.717) is 16.6 Å². The van der Waals surface area contributed by atoms with Gasteiger partial charge in [-0.05, 0) is 22.9 Å². The smallest absolute Gasteiger partial charge is 0.280 e. The first kappa shape index (κ1) is 10.8. The third-order valence-corrected chi connectivity index (χ3v) is 2.41. The fourth-order valence-corrected chi connectivity index (χ4v) is 1.28. The summed E-state index contributed by atoms with van der Waals surface area (Å²) in [7, 11) is 0. The summed E-state index contributed by atoms with van der Waals surface area (Å²) in [6.45, 7) is 1.94. The lowest BCUT2D eigenvalue weighted by Crippen LogP contribution is -2.18. The topological polar surface area (TPSA) is 57.8 Å². The summed E-state index contributed by atoms with van der Waals surface area (Å²) in [5.41, 5.74) is 0.388. The van der Waals surface area contributed by atoms with Gasteiger partial charge < -0.3 is 5.32 Å². The number of hydrogen-bond donors (Lipinski definition) is 2. The molecule has 0 fully saturated rings. The second kappa shape index (κ2) is 4.82. The van der Waals surface area contributed by atoms with Gasteiger partial charge in [0.25, 0.3) is 5.56 Å². The lowest BCUT2D eigenvalue weighted by Gasteiger charge is -2.12. The van der Waals surface area contributed by atoms with Gasteiger partial charge in [0.2, 0.25) is 0 Å². The molecule has 1 atom stereocenters. The van der Waals surface area contributed by atoms with Crippen molar-refractivity contribution in [1.29, 1.82) is 0 Å². The van der Waals surface area contributed by atoms with Crippen LogP contribution in [0.25, 0.3) is 0 Å². The molecule has 4 nitrogen and oxygen atoms in total. The van der Waals surface area contributed by atoms with Crippen LogP contribution >= 0.6 is 15.9 Å². The third-order valence-electron chi connectivity index (χ3n) is 1.62. The Hall–Kier alpha value is -1.28. The lowest BCUT2D eigenvalue weighted by molar-refractivity contribution is 0.822. The number of nitrogens with zero attached hydrogens (tertiary/aromatic N) is 1. The standard InChI is InChI=1S/C9H10BrN3O/c1-3-4-6(2)12-7-5-11-13-9(14)8(7)10/h1,5-6H,4H2,2H3,(H2,12,13,14). The molecular weight excluding hydrogens is 246 g/mol. The number of anilines is 1. The molecule has 1 unspecified atom stereocenters. The monoisotopic (exact) mass is 255 g/mol. The first-order valence-electron chi connectivity index (χ1n) is 4.08. The van der Waals surface area contributed by atoms with Crippen molar-refractivity contribution >= 4 is 21.6 Å². The van der Waals surface area contributed by atoms with Crippen LogP contribution in [0.2, 0.25) is 0 Å². The largest absolute Gasteiger partial charge is 0.379 e. The Morgan fingerprint density at radius 3 is 3.21 bits per heavy atom. The summed E-state index contributed by atoms with van der Waals surface area (Å²) in [5, 5.41) is 9.07. The number of rotatable bonds is 3. The van der Waals surface area contributed by atoms with Gasteiger partial charge in [0.15, 0.2) is 0 Å². The molecule has 0 aromatic carbocycles. The van der Waals surface area contributed by atoms with Crippen molar-refractivity contribution < 1.29 is 0 Å². The van der Waals surface area contributed by atoms with Crippen LogP contribution < -0.4 is 10.9 Å². The molecule has 0 aliphatic rings. The van der Waals surface area contributed by atoms with Crippen LogP contribution in [0.3, 0.4) is 0 Å². The zero-order chi connectivity index (χ0) is 10.6. The minimum Gasteiger partial charge on any atom is -0.379 e. The Morgan fingerprint density at radius 1 is 1.86 bits per heavy atom. The number of aromatic amines is 1. The van der Waals surface area contributed by atoms with E-state index in [1.807, 2.05) is 6.92 Å². The van der Waals surface area contributed by atoms with Crippen molar-refractivity contribution in [3.05, 3.63) is 21.0 Å². The molecule has 1 aromatic heterocycles. The van der Waals surface area contributed by atoms with Crippen molar-refractivity contribution in [3.63, 3.8) is 0 Å². The van der Waals surface area contributed by atoms with Gasteiger partial charge in [-0.3, -0.25) is 4.79 Å². The number of terminal acetylenes is 1. The van der Waals surface area contributed by atoms with Crippen LogP contribution in [0.5, 0.6) is 0 Å². The maximum Gasteiger partial charge on any atom is 0.280 e. The van der Waals surface area contributed by atoms with Crippen molar-refractivity contribution in [3.8, 4) is 12.3 Å². The molecule has 0 aliphatic carbocycles. The van der Waals surface area contributed by atoms with Crippen molar-refractivity contribution in [2.24, 2.45) is 0 Å². The molecule has 1 heterocycles. The fraction of sp³-hybridized carbons (Fsp3) is 0.333. The molecule has 0 saturated heterocycles. The Labute approximate surface area is 90.2 Å². The molecule has 5 heteroatoms. The van der Waals surface area contributed by atoms with Crippen LogP contribution in [0, 0.1) is 12.3 Å². The molecule has 2 N–H and O–H groups in total. The molecule has 0 radical (unpaired) electrons. The summed E-state index contributed by atoms with van der Waals surface area (Å²) in [6, 6.07) is 0.111. The lowest BCUT2D eigenvalue weighted by atomic mass is 10.2. The summed E-state index contributed by atoms with van der Waals surface area (Å²) in [6.07, 6.45) is 7.30. The van der Waals surface area contributed by atoms with Crippen LogP contribution in [0.4, 0.5) is 5.69 Å². The summed E-state index contributed by atoms with van der Waals surface area (Å²) in [4.78, 5) is 11.1. The molecule has 1 aromatic rings. The highest BCUT2D eigenvalue weighted by molar-refractivity contribution is 9.10. The molecule has 0 spiro atoms. The van der Waals surface area contributed by atoms with E-state index in [0.717, 1.165) is 0 Å². The second-order valence-electron chi connectivity index (χ2n) is 2.88. The van der Waals surface area contributed by atoms with E-state index in [1.165, 1.54) is 0 Å². The van der Waals surface area contributed by atoms with Crippen LogP contribution in [0.15, 0.2) is 15.5 Å². The molecular formula is C9H10BrN3O. The predicted octanol–water partition coefficient (Wildman–Crippen LogP) is 1.36. The predicted molar refractivity (Wildman–Crippen MR) is 59.1 cm³/mol. The number of hydrogen-bond acceptors (Lipinski definition) is 3. The quantitative estimate of drug-likeness (QED) is 0.803. The minimum absolute atomic E-state index is 0.111. The zero-order valence-electron chi connectivity index (χ0n) is 7.67. The van der Waals surface area contributed by atoms with Gasteiger partial charge in [-0.25, -0.2) is 5.10 Å². The molecule has 74 valence electrons. The Bertz CT molecular complexity index is 407. The van der Waals surface area contributed by atoms with Crippen LogP contribution in [-0.4, -0.2) is 16.2 Å². The normalized spacial score (nSPS) is 11.8. The van der Waals surface area contributed by atoms with E-state index in [4.69, 9.17) is 6.42 Å². The number of nitrogens with one attached hydrogen (secondary N) is 2. The van der Waals surface area contributed by atoms with Crippen LogP contribution in [0.1, 0.15) is 13.3 Å². The maximum atomic E-state index is 11.1. The fourth-order valence-electron chi connectivity index (χ4n) is 0.977. The van der Waals surface area contributed by atoms with Gasteiger partial charge in [-0.15, -0.1) is 12.3 Å². The van der Waals surface area contributed by atoms with E-state index >= 15 is 0 Å². The van der Waals surface area contributed by atoms with Crippen molar-refractivity contribution in [2.45, 2.75) is 19.4 Å². The number of aromatic nitrogens is 2. The van der Waals surface area contributed by atoms with E-state index in [2.05, 4.69) is 37.4 Å². The highest BCUT2D eigenvalue weighted by atomic mass is 79.9. The number of halogens is 1. The highest BCUT2D eigenvalue weighted by Crippen LogP contribution is 2.16. The van der Waals surface area contributed by atoms with E-state index in [9.17, 15) is 4.79 Å². The first-order valence-corrected chi connectivity index (χ1v) is 4.87. The molecule has 0 amide bonds. The highest BCUT2D eigenvalue weighted by Gasteiger charge is 2.06. The molecule has 0 bridgehead atoms. The van der Waals surface area contributed by atoms with E-state index in [-0.39, 0.29) is 11.6 Å². The minimum atomic E-state index is -0.261. The number of H-pyrrole nitrogens is 1. The van der Waals surface area contributed by atoms with Gasteiger partial charge in [0.05, 0.1) is 11.9 Å². The Kier molecular flexibility index (Phi) is 3.72. The van der Waals surface area contributed by atoms with Gasteiger partial charge in [-0.1, -0.05) is 0 Å². The van der Waals surface area contributed by atoms with Crippen LogP contribution in [-0.2, 0) is 0 Å². The van der Waals surface area contributed by atoms with Gasteiger partial charge in [0.1, 0.15) is 4.47 Å². The molecule has 14 heavy (non-hydrogen) atoms. The van der Waals surface area contributed by atoms with Gasteiger partial charge in [-0.2, -0.15) is 5.10 Å². The first-order chi connectivity index (χ1) is 6.65. The Balaban J connectivity index is 2.83. The molecule has 0 saturated carbocycles. The van der Waals surface area contributed by atoms with E-state index in [1.54, 1.807) is 6.20 Å². The van der Waals surface area contributed by atoms with E-state index < -0.39 is 0 Å². The third kappa shape index (κ3) is 2.60. The van der Waals surface area contributed by atoms with Gasteiger partial charge >= 0.3 is 0 Å². The van der Waals surface area contributed by atoms with Crippen molar-refractivity contribution in [2.75, 3.05) is 5.32 Å². The molecule has 1 rings (SSSR count). The Morgan fingerprint density at radius 2 is 2.57 bits per heavy atom. The zero-order valence-corrected chi connectivity index (χ0v) is 9.26. The second-order valence-corrected chi connectivity index (χ2v) is 3.67. The maximum absolute atomic E-state index is 11.1.